The number of rotatable bonds is 3. The molecule has 3 heteroatoms. The van der Waals surface area contributed by atoms with Crippen molar-refractivity contribution in [3.8, 4) is 0 Å². The molecule has 1 fully saturated rings. The van der Waals surface area contributed by atoms with Crippen LogP contribution in [0.4, 0.5) is 0 Å². The fraction of sp³-hybridized carbons (Fsp3) is 0.600. The van der Waals surface area contributed by atoms with Gasteiger partial charge in [-0.3, -0.25) is 4.90 Å². The molecular weight excluding hydrogens is 222 g/mol. The SMILES string of the molecule is C[C@H](N)c1ccc(CN2CCN(C)[C@H](C)C2)cc1. The van der Waals surface area contributed by atoms with Gasteiger partial charge in [-0.05, 0) is 32.0 Å². The Morgan fingerprint density at radius 2 is 1.94 bits per heavy atom. The Bertz CT molecular complexity index is 372. The van der Waals surface area contributed by atoms with Crippen LogP contribution in [0.5, 0.6) is 0 Å². The minimum atomic E-state index is 0.128. The number of hydrogen-bond donors (Lipinski definition) is 1. The lowest BCUT2D eigenvalue weighted by atomic mass is 10.1. The zero-order valence-electron chi connectivity index (χ0n) is 11.8. The molecule has 2 rings (SSSR count). The highest BCUT2D eigenvalue weighted by Gasteiger charge is 2.20. The molecule has 1 aliphatic heterocycles. The normalized spacial score (nSPS) is 24.1. The van der Waals surface area contributed by atoms with Crippen molar-refractivity contribution in [3.05, 3.63) is 35.4 Å². The number of hydrogen-bond acceptors (Lipinski definition) is 3. The third-order valence-electron chi connectivity index (χ3n) is 3.96. The fourth-order valence-electron chi connectivity index (χ4n) is 2.45. The summed E-state index contributed by atoms with van der Waals surface area (Å²) in [6.45, 7) is 8.86. The minimum absolute atomic E-state index is 0.128. The quantitative estimate of drug-likeness (QED) is 0.884. The zero-order chi connectivity index (χ0) is 13.1. The van der Waals surface area contributed by atoms with Gasteiger partial charge in [0.2, 0.25) is 0 Å². The average Bonchev–Trinajstić information content (AvgIpc) is 2.34. The Hall–Kier alpha value is -0.900. The van der Waals surface area contributed by atoms with Gasteiger partial charge in [-0.2, -0.15) is 0 Å². The number of nitrogens with zero attached hydrogens (tertiary/aromatic N) is 2. The van der Waals surface area contributed by atoms with Crippen molar-refractivity contribution in [1.82, 2.24) is 9.80 Å². The van der Waals surface area contributed by atoms with Crippen molar-refractivity contribution < 1.29 is 0 Å². The predicted octanol–water partition coefficient (Wildman–Crippen LogP) is 1.84. The molecule has 0 spiro atoms. The number of nitrogens with two attached hydrogens (primary N) is 1. The maximum Gasteiger partial charge on any atom is 0.0266 e. The summed E-state index contributed by atoms with van der Waals surface area (Å²) in [5.74, 6) is 0. The van der Waals surface area contributed by atoms with Crippen LogP contribution in [0, 0.1) is 0 Å². The van der Waals surface area contributed by atoms with Gasteiger partial charge in [0.1, 0.15) is 0 Å². The van der Waals surface area contributed by atoms with E-state index in [1.54, 1.807) is 0 Å². The predicted molar refractivity (Wildman–Crippen MR) is 76.4 cm³/mol. The highest BCUT2D eigenvalue weighted by atomic mass is 15.3. The van der Waals surface area contributed by atoms with Gasteiger partial charge in [0.25, 0.3) is 0 Å². The molecule has 1 aromatic rings. The van der Waals surface area contributed by atoms with E-state index in [1.165, 1.54) is 17.7 Å². The van der Waals surface area contributed by atoms with Crippen LogP contribution in [0.1, 0.15) is 31.0 Å². The van der Waals surface area contributed by atoms with Crippen LogP contribution in [0.15, 0.2) is 24.3 Å². The molecule has 18 heavy (non-hydrogen) atoms. The van der Waals surface area contributed by atoms with E-state index < -0.39 is 0 Å². The van der Waals surface area contributed by atoms with Crippen LogP contribution < -0.4 is 5.73 Å². The maximum absolute atomic E-state index is 5.87. The van der Waals surface area contributed by atoms with E-state index in [1.807, 2.05) is 6.92 Å². The van der Waals surface area contributed by atoms with Crippen molar-refractivity contribution in [2.24, 2.45) is 5.73 Å². The van der Waals surface area contributed by atoms with Gasteiger partial charge in [-0.25, -0.2) is 0 Å². The zero-order valence-corrected chi connectivity index (χ0v) is 11.8. The van der Waals surface area contributed by atoms with Gasteiger partial charge in [0.05, 0.1) is 0 Å². The Morgan fingerprint density at radius 1 is 1.28 bits per heavy atom. The van der Waals surface area contributed by atoms with E-state index in [0.717, 1.165) is 19.6 Å². The van der Waals surface area contributed by atoms with Gasteiger partial charge in [0.15, 0.2) is 0 Å². The molecule has 2 N–H and O–H groups in total. The van der Waals surface area contributed by atoms with Gasteiger partial charge >= 0.3 is 0 Å². The van der Waals surface area contributed by atoms with Gasteiger partial charge in [0, 0.05) is 38.3 Å². The van der Waals surface area contributed by atoms with Crippen LogP contribution in [-0.4, -0.2) is 42.5 Å². The van der Waals surface area contributed by atoms with Crippen LogP contribution in [0.3, 0.4) is 0 Å². The Kier molecular flexibility index (Phi) is 4.38. The Balaban J connectivity index is 1.93. The topological polar surface area (TPSA) is 32.5 Å². The van der Waals surface area contributed by atoms with E-state index in [9.17, 15) is 0 Å². The summed E-state index contributed by atoms with van der Waals surface area (Å²) in [7, 11) is 2.21. The van der Waals surface area contributed by atoms with Crippen molar-refractivity contribution in [1.29, 1.82) is 0 Å². The second-order valence-electron chi connectivity index (χ2n) is 5.60. The summed E-state index contributed by atoms with van der Waals surface area (Å²) in [5, 5.41) is 0. The summed E-state index contributed by atoms with van der Waals surface area (Å²) in [5.41, 5.74) is 8.46. The van der Waals surface area contributed by atoms with E-state index in [0.29, 0.717) is 6.04 Å². The number of likely N-dealkylation sites (N-methyl/N-ethyl adjacent to an activating group) is 1. The highest BCUT2D eigenvalue weighted by molar-refractivity contribution is 5.24. The first-order valence-electron chi connectivity index (χ1n) is 6.83. The Labute approximate surface area is 111 Å². The minimum Gasteiger partial charge on any atom is -0.324 e. The maximum atomic E-state index is 5.87. The molecule has 0 aromatic heterocycles. The van der Waals surface area contributed by atoms with Crippen molar-refractivity contribution >= 4 is 0 Å². The fourth-order valence-corrected chi connectivity index (χ4v) is 2.45. The molecule has 1 saturated heterocycles. The van der Waals surface area contributed by atoms with Crippen LogP contribution in [0.2, 0.25) is 0 Å². The molecule has 0 unspecified atom stereocenters. The molecule has 1 aliphatic rings. The second kappa shape index (κ2) is 5.83. The number of benzene rings is 1. The lowest BCUT2D eigenvalue weighted by Gasteiger charge is -2.37. The molecule has 3 nitrogen and oxygen atoms in total. The standard InChI is InChI=1S/C15H25N3/c1-12-10-18(9-8-17(12)3)11-14-4-6-15(7-5-14)13(2)16/h4-7,12-13H,8-11,16H2,1-3H3/t12-,13+/m1/s1. The monoisotopic (exact) mass is 247 g/mol. The van der Waals surface area contributed by atoms with Gasteiger partial charge in [-0.1, -0.05) is 24.3 Å². The summed E-state index contributed by atoms with van der Waals surface area (Å²) >= 11 is 0. The molecule has 1 heterocycles. The molecular formula is C15H25N3. The van der Waals surface area contributed by atoms with E-state index in [-0.39, 0.29) is 6.04 Å². The molecule has 0 bridgehead atoms. The van der Waals surface area contributed by atoms with Gasteiger partial charge in [-0.15, -0.1) is 0 Å². The molecule has 0 amide bonds. The van der Waals surface area contributed by atoms with Crippen LogP contribution >= 0.6 is 0 Å². The summed E-state index contributed by atoms with van der Waals surface area (Å²) in [6.07, 6.45) is 0. The first kappa shape index (κ1) is 13.5. The molecule has 0 saturated carbocycles. The molecule has 0 aliphatic carbocycles. The number of piperazine rings is 1. The lowest BCUT2D eigenvalue weighted by Crippen LogP contribution is -2.49. The van der Waals surface area contributed by atoms with Crippen molar-refractivity contribution in [3.63, 3.8) is 0 Å². The highest BCUT2D eigenvalue weighted by Crippen LogP contribution is 2.14. The third kappa shape index (κ3) is 3.31. The molecule has 100 valence electrons. The van der Waals surface area contributed by atoms with Gasteiger partial charge < -0.3 is 10.6 Å². The smallest absolute Gasteiger partial charge is 0.0266 e. The van der Waals surface area contributed by atoms with Crippen LogP contribution in [0.25, 0.3) is 0 Å². The molecule has 2 atom stereocenters. The first-order valence-corrected chi connectivity index (χ1v) is 6.83. The third-order valence-corrected chi connectivity index (χ3v) is 3.96. The summed E-state index contributed by atoms with van der Waals surface area (Å²) in [4.78, 5) is 4.96. The van der Waals surface area contributed by atoms with E-state index in [4.69, 9.17) is 5.73 Å². The van der Waals surface area contributed by atoms with Crippen molar-refractivity contribution in [2.45, 2.75) is 32.5 Å². The average molecular weight is 247 g/mol. The van der Waals surface area contributed by atoms with E-state index in [2.05, 4.69) is 48.0 Å². The molecule has 1 aromatic carbocycles. The largest absolute Gasteiger partial charge is 0.324 e. The van der Waals surface area contributed by atoms with Crippen molar-refractivity contribution in [2.75, 3.05) is 26.7 Å². The second-order valence-corrected chi connectivity index (χ2v) is 5.60. The lowest BCUT2D eigenvalue weighted by molar-refractivity contribution is 0.1000. The van der Waals surface area contributed by atoms with E-state index >= 15 is 0 Å². The van der Waals surface area contributed by atoms with Crippen LogP contribution in [-0.2, 0) is 6.54 Å². The summed E-state index contributed by atoms with van der Waals surface area (Å²) < 4.78 is 0. The summed E-state index contributed by atoms with van der Waals surface area (Å²) in [6, 6.07) is 9.51. The Morgan fingerprint density at radius 3 is 2.50 bits per heavy atom. The first-order chi connectivity index (χ1) is 8.56. The molecule has 0 radical (unpaired) electrons.